The normalized spacial score (nSPS) is 19.4. The average Bonchev–Trinajstić information content (AvgIpc) is 2.46. The van der Waals surface area contributed by atoms with Crippen molar-refractivity contribution in [3.63, 3.8) is 0 Å². The van der Waals surface area contributed by atoms with Gasteiger partial charge in [0.05, 0.1) is 6.10 Å². The van der Waals surface area contributed by atoms with E-state index in [0.717, 1.165) is 24.0 Å². The van der Waals surface area contributed by atoms with Gasteiger partial charge >= 0.3 is 0 Å². The topological polar surface area (TPSA) is 63.4 Å². The van der Waals surface area contributed by atoms with Crippen LogP contribution in [0.1, 0.15) is 29.2 Å². The van der Waals surface area contributed by atoms with Crippen molar-refractivity contribution < 1.29 is 10.0 Å². The first-order valence-corrected chi connectivity index (χ1v) is 4.58. The van der Waals surface area contributed by atoms with E-state index in [1.165, 1.54) is 0 Å². The van der Waals surface area contributed by atoms with E-state index in [-0.39, 0.29) is 17.6 Å². The van der Waals surface area contributed by atoms with Gasteiger partial charge in [0.15, 0.2) is 0 Å². The minimum absolute atomic E-state index is 0.136. The molecule has 0 amide bonds. The van der Waals surface area contributed by atoms with E-state index < -0.39 is 0 Å². The Bertz CT molecular complexity index is 376. The third-order valence-electron chi connectivity index (χ3n) is 2.57. The summed E-state index contributed by atoms with van der Waals surface area (Å²) in [5.41, 5.74) is 2.69. The van der Waals surface area contributed by atoms with Gasteiger partial charge in [-0.1, -0.05) is 12.1 Å². The smallest absolute Gasteiger partial charge is 0.228 e. The van der Waals surface area contributed by atoms with Gasteiger partial charge in [-0.2, -0.15) is 0 Å². The molecular formula is C10H11NO3. The zero-order valence-corrected chi connectivity index (χ0v) is 7.64. The van der Waals surface area contributed by atoms with Crippen LogP contribution in [0.5, 0.6) is 0 Å². The van der Waals surface area contributed by atoms with Crippen LogP contribution in [0.4, 0.5) is 0 Å². The van der Waals surface area contributed by atoms with E-state index >= 15 is 0 Å². The molecule has 14 heavy (non-hydrogen) atoms. The second-order valence-corrected chi connectivity index (χ2v) is 3.58. The molecule has 0 spiro atoms. The average molecular weight is 193 g/mol. The number of hydrogen-bond donors (Lipinski definition) is 1. The first-order chi connectivity index (χ1) is 6.66. The van der Waals surface area contributed by atoms with Gasteiger partial charge in [-0.25, -0.2) is 0 Å². The first kappa shape index (κ1) is 9.15. The minimum atomic E-state index is -0.380. The maximum Gasteiger partial charge on any atom is 0.228 e. The molecule has 74 valence electrons. The Kier molecular flexibility index (Phi) is 2.21. The van der Waals surface area contributed by atoms with E-state index in [0.29, 0.717) is 5.56 Å². The zero-order chi connectivity index (χ0) is 10.1. The number of nitrogens with zero attached hydrogens (tertiary/aromatic N) is 1. The monoisotopic (exact) mass is 193 g/mol. The van der Waals surface area contributed by atoms with E-state index in [4.69, 9.17) is 0 Å². The fourth-order valence-corrected chi connectivity index (χ4v) is 1.90. The van der Waals surface area contributed by atoms with E-state index in [2.05, 4.69) is 0 Å². The molecule has 1 aromatic carbocycles. The van der Waals surface area contributed by atoms with Crippen LogP contribution in [0, 0.1) is 10.1 Å². The highest BCUT2D eigenvalue weighted by molar-refractivity contribution is 5.36. The molecule has 1 aromatic rings. The number of hydrogen-bond acceptors (Lipinski definition) is 3. The van der Waals surface area contributed by atoms with Crippen molar-refractivity contribution in [1.29, 1.82) is 0 Å². The van der Waals surface area contributed by atoms with Gasteiger partial charge in [0, 0.05) is 10.5 Å². The molecule has 2 rings (SSSR count). The molecule has 0 aliphatic heterocycles. The summed E-state index contributed by atoms with van der Waals surface area (Å²) in [6, 6.07) is 5.34. The Morgan fingerprint density at radius 1 is 1.57 bits per heavy atom. The fourth-order valence-electron chi connectivity index (χ4n) is 1.90. The van der Waals surface area contributed by atoms with Crippen molar-refractivity contribution in [2.45, 2.75) is 25.5 Å². The van der Waals surface area contributed by atoms with Crippen molar-refractivity contribution in [3.05, 3.63) is 45.0 Å². The molecule has 0 fully saturated rings. The van der Waals surface area contributed by atoms with Gasteiger partial charge < -0.3 is 5.11 Å². The first-order valence-electron chi connectivity index (χ1n) is 4.58. The summed E-state index contributed by atoms with van der Waals surface area (Å²) in [5.74, 6) is 0. The van der Waals surface area contributed by atoms with Crippen molar-refractivity contribution in [2.75, 3.05) is 0 Å². The molecule has 0 saturated heterocycles. The lowest BCUT2D eigenvalue weighted by Gasteiger charge is -2.03. The lowest BCUT2D eigenvalue weighted by molar-refractivity contribution is -0.496. The Morgan fingerprint density at radius 2 is 2.36 bits per heavy atom. The van der Waals surface area contributed by atoms with Gasteiger partial charge in [-0.3, -0.25) is 10.1 Å². The summed E-state index contributed by atoms with van der Waals surface area (Å²) in [4.78, 5) is 9.95. The quantitative estimate of drug-likeness (QED) is 0.571. The highest BCUT2D eigenvalue weighted by Gasteiger charge is 2.20. The van der Waals surface area contributed by atoms with Gasteiger partial charge in [0.1, 0.15) is 0 Å². The summed E-state index contributed by atoms with van der Waals surface area (Å²) in [6.45, 7) is -0.136. The van der Waals surface area contributed by atoms with Crippen molar-refractivity contribution in [3.8, 4) is 0 Å². The summed E-state index contributed by atoms with van der Waals surface area (Å²) in [5, 5.41) is 19.8. The Balaban J connectivity index is 2.28. The second kappa shape index (κ2) is 3.38. The number of aliphatic hydroxyl groups excluding tert-OH is 1. The molecule has 1 atom stereocenters. The van der Waals surface area contributed by atoms with Crippen LogP contribution in [0.3, 0.4) is 0 Å². The highest BCUT2D eigenvalue weighted by atomic mass is 16.6. The predicted octanol–water partition coefficient (Wildman–Crippen LogP) is 1.44. The van der Waals surface area contributed by atoms with Gasteiger partial charge in [-0.05, 0) is 30.0 Å². The van der Waals surface area contributed by atoms with Gasteiger partial charge in [-0.15, -0.1) is 0 Å². The maximum atomic E-state index is 10.3. The molecule has 1 aliphatic rings. The third-order valence-corrected chi connectivity index (χ3v) is 2.57. The van der Waals surface area contributed by atoms with Crippen LogP contribution in [0.2, 0.25) is 0 Å². The lowest BCUT2D eigenvalue weighted by Crippen LogP contribution is -1.99. The number of aliphatic hydroxyl groups is 1. The zero-order valence-electron chi connectivity index (χ0n) is 7.64. The maximum absolute atomic E-state index is 10.3. The molecule has 4 heteroatoms. The molecule has 4 nitrogen and oxygen atoms in total. The fraction of sp³-hybridized carbons (Fsp3) is 0.400. The molecule has 0 bridgehead atoms. The van der Waals surface area contributed by atoms with E-state index in [1.807, 2.05) is 6.07 Å². The molecule has 0 saturated carbocycles. The molecule has 1 aliphatic carbocycles. The van der Waals surface area contributed by atoms with Crippen LogP contribution in [0.15, 0.2) is 18.2 Å². The molecule has 0 radical (unpaired) electrons. The minimum Gasteiger partial charge on any atom is -0.388 e. The largest absolute Gasteiger partial charge is 0.388 e. The number of rotatable bonds is 2. The van der Waals surface area contributed by atoms with Gasteiger partial charge in [0.2, 0.25) is 6.54 Å². The van der Waals surface area contributed by atoms with Crippen LogP contribution in [-0.2, 0) is 13.0 Å². The summed E-state index contributed by atoms with van der Waals surface area (Å²) in [7, 11) is 0. The SMILES string of the molecule is O=[N+]([O-])Cc1ccc2c(c1)CCC2O. The van der Waals surface area contributed by atoms with Crippen LogP contribution in [-0.4, -0.2) is 10.0 Å². The van der Waals surface area contributed by atoms with Gasteiger partial charge in [0.25, 0.3) is 0 Å². The summed E-state index contributed by atoms with van der Waals surface area (Å²) < 4.78 is 0. The van der Waals surface area contributed by atoms with Crippen LogP contribution in [0.25, 0.3) is 0 Å². The number of benzene rings is 1. The Morgan fingerprint density at radius 3 is 3.07 bits per heavy atom. The molecule has 1 unspecified atom stereocenters. The number of aryl methyl sites for hydroxylation is 1. The number of fused-ring (bicyclic) bond motifs is 1. The highest BCUT2D eigenvalue weighted by Crippen LogP contribution is 2.31. The standard InChI is InChI=1S/C10H11NO3/c12-10-4-2-8-5-7(6-11(13)14)1-3-9(8)10/h1,3,5,10,12H,2,4,6H2. The molecule has 0 heterocycles. The molecular weight excluding hydrogens is 182 g/mol. The molecule has 1 N–H and O–H groups in total. The van der Waals surface area contributed by atoms with E-state index in [1.54, 1.807) is 12.1 Å². The number of nitro groups is 1. The third kappa shape index (κ3) is 1.61. The lowest BCUT2D eigenvalue weighted by atomic mass is 10.1. The van der Waals surface area contributed by atoms with Crippen molar-refractivity contribution in [1.82, 2.24) is 0 Å². The van der Waals surface area contributed by atoms with Crippen LogP contribution >= 0.6 is 0 Å². The van der Waals surface area contributed by atoms with Crippen molar-refractivity contribution >= 4 is 0 Å². The predicted molar refractivity (Wildman–Crippen MR) is 50.4 cm³/mol. The van der Waals surface area contributed by atoms with Crippen molar-refractivity contribution in [2.24, 2.45) is 0 Å². The summed E-state index contributed by atoms with van der Waals surface area (Å²) >= 11 is 0. The Labute approximate surface area is 81.3 Å². The summed E-state index contributed by atoms with van der Waals surface area (Å²) in [6.07, 6.45) is 1.17. The van der Waals surface area contributed by atoms with E-state index in [9.17, 15) is 15.2 Å². The molecule has 0 aromatic heterocycles. The Hall–Kier alpha value is -1.42. The van der Waals surface area contributed by atoms with Crippen LogP contribution < -0.4 is 0 Å². The second-order valence-electron chi connectivity index (χ2n) is 3.58.